The predicted molar refractivity (Wildman–Crippen MR) is 73.1 cm³/mol. The molecule has 1 atom stereocenters. The summed E-state index contributed by atoms with van der Waals surface area (Å²) in [6.45, 7) is 4.63. The van der Waals surface area contributed by atoms with Gasteiger partial charge in [0.1, 0.15) is 0 Å². The molecule has 1 aromatic carbocycles. The zero-order valence-corrected chi connectivity index (χ0v) is 11.1. The highest BCUT2D eigenvalue weighted by Crippen LogP contribution is 2.36. The van der Waals surface area contributed by atoms with Crippen LogP contribution in [0.3, 0.4) is 0 Å². The lowest BCUT2D eigenvalue weighted by Crippen LogP contribution is -2.31. The lowest BCUT2D eigenvalue weighted by atomic mass is 9.75. The van der Waals surface area contributed by atoms with Crippen LogP contribution in [0.25, 0.3) is 0 Å². The molecule has 0 spiro atoms. The van der Waals surface area contributed by atoms with E-state index in [1.165, 1.54) is 25.7 Å². The first-order chi connectivity index (χ1) is 8.46. The summed E-state index contributed by atoms with van der Waals surface area (Å²) >= 11 is 0. The summed E-state index contributed by atoms with van der Waals surface area (Å²) in [7, 11) is 0. The summed E-state index contributed by atoms with van der Waals surface area (Å²) in [5.74, 6) is -0.875. The summed E-state index contributed by atoms with van der Waals surface area (Å²) in [4.78, 5) is 10.8. The summed E-state index contributed by atoms with van der Waals surface area (Å²) in [5.41, 5.74) is 1.77. The topological polar surface area (TPSA) is 49.3 Å². The molecule has 18 heavy (non-hydrogen) atoms. The average molecular weight is 247 g/mol. The second kappa shape index (κ2) is 5.01. The van der Waals surface area contributed by atoms with Crippen molar-refractivity contribution in [3.63, 3.8) is 0 Å². The van der Waals surface area contributed by atoms with Gasteiger partial charge in [-0.05, 0) is 48.9 Å². The van der Waals surface area contributed by atoms with Gasteiger partial charge in [0.2, 0.25) is 0 Å². The van der Waals surface area contributed by atoms with E-state index in [2.05, 4.69) is 19.2 Å². The first-order valence-corrected chi connectivity index (χ1v) is 6.56. The number of benzene rings is 1. The number of hydrogen-bond donors (Lipinski definition) is 2. The molecule has 3 nitrogen and oxygen atoms in total. The predicted octanol–water partition coefficient (Wildman–Crippen LogP) is 3.77. The zero-order chi connectivity index (χ0) is 13.2. The highest BCUT2D eigenvalue weighted by molar-refractivity contribution is 5.87. The largest absolute Gasteiger partial charge is 0.478 e. The van der Waals surface area contributed by atoms with Crippen LogP contribution in [0, 0.1) is 5.41 Å². The van der Waals surface area contributed by atoms with Gasteiger partial charge in [-0.1, -0.05) is 20.3 Å². The molecule has 1 saturated carbocycles. The summed E-state index contributed by atoms with van der Waals surface area (Å²) in [6.07, 6.45) is 4.93. The van der Waals surface area contributed by atoms with Crippen molar-refractivity contribution in [3.05, 3.63) is 29.8 Å². The highest BCUT2D eigenvalue weighted by Gasteiger charge is 2.27. The third-order valence-electron chi connectivity index (χ3n) is 3.71. The van der Waals surface area contributed by atoms with Crippen molar-refractivity contribution < 1.29 is 9.90 Å². The Balaban J connectivity index is 1.99. The Morgan fingerprint density at radius 1 is 1.33 bits per heavy atom. The third kappa shape index (κ3) is 3.25. The first-order valence-electron chi connectivity index (χ1n) is 6.56. The normalized spacial score (nSPS) is 22.4. The molecule has 1 aliphatic carbocycles. The van der Waals surface area contributed by atoms with Crippen molar-refractivity contribution in [1.29, 1.82) is 0 Å². The molecule has 1 unspecified atom stereocenters. The van der Waals surface area contributed by atoms with Crippen molar-refractivity contribution in [2.75, 3.05) is 5.32 Å². The molecule has 2 N–H and O–H groups in total. The number of anilines is 1. The van der Waals surface area contributed by atoms with Crippen LogP contribution in [0.15, 0.2) is 24.3 Å². The number of hydrogen-bond acceptors (Lipinski definition) is 2. The molecule has 2 rings (SSSR count). The van der Waals surface area contributed by atoms with Gasteiger partial charge in [-0.2, -0.15) is 0 Å². The molecule has 0 bridgehead atoms. The number of rotatable bonds is 3. The standard InChI is InChI=1S/C15H21NO2/c1-15(2)9-3-4-13(10-15)16-12-7-5-11(6-8-12)14(17)18/h5-8,13,16H,3-4,9-10H2,1-2H3,(H,17,18). The number of carboxylic acid groups (broad SMARTS) is 1. The Labute approximate surface area is 108 Å². The maximum Gasteiger partial charge on any atom is 0.335 e. The summed E-state index contributed by atoms with van der Waals surface area (Å²) < 4.78 is 0. The van der Waals surface area contributed by atoms with Crippen molar-refractivity contribution >= 4 is 11.7 Å². The van der Waals surface area contributed by atoms with E-state index in [0.717, 1.165) is 5.69 Å². The molecule has 1 aromatic rings. The Hall–Kier alpha value is -1.51. The van der Waals surface area contributed by atoms with Gasteiger partial charge in [0.15, 0.2) is 0 Å². The van der Waals surface area contributed by atoms with Gasteiger partial charge in [0, 0.05) is 11.7 Å². The second-order valence-electron chi connectivity index (χ2n) is 5.98. The molecule has 1 fully saturated rings. The molecule has 98 valence electrons. The van der Waals surface area contributed by atoms with Crippen LogP contribution in [0.5, 0.6) is 0 Å². The van der Waals surface area contributed by atoms with E-state index in [4.69, 9.17) is 5.11 Å². The number of nitrogens with one attached hydrogen (secondary N) is 1. The van der Waals surface area contributed by atoms with Crippen LogP contribution in [0.1, 0.15) is 49.9 Å². The van der Waals surface area contributed by atoms with Crippen molar-refractivity contribution in [3.8, 4) is 0 Å². The van der Waals surface area contributed by atoms with E-state index >= 15 is 0 Å². The van der Waals surface area contributed by atoms with Gasteiger partial charge in [-0.15, -0.1) is 0 Å². The van der Waals surface area contributed by atoms with E-state index in [-0.39, 0.29) is 0 Å². The SMILES string of the molecule is CC1(C)CCCC(Nc2ccc(C(=O)O)cc2)C1. The van der Waals surface area contributed by atoms with E-state index in [0.29, 0.717) is 17.0 Å². The van der Waals surface area contributed by atoms with E-state index in [1.54, 1.807) is 12.1 Å². The Bertz CT molecular complexity index is 423. The van der Waals surface area contributed by atoms with Crippen LogP contribution in [-0.2, 0) is 0 Å². The van der Waals surface area contributed by atoms with Crippen LogP contribution in [-0.4, -0.2) is 17.1 Å². The molecular formula is C15H21NO2. The lowest BCUT2D eigenvalue weighted by Gasteiger charge is -2.36. The molecule has 1 aliphatic rings. The van der Waals surface area contributed by atoms with Gasteiger partial charge in [-0.25, -0.2) is 4.79 Å². The van der Waals surface area contributed by atoms with Crippen molar-refractivity contribution in [2.24, 2.45) is 5.41 Å². The van der Waals surface area contributed by atoms with E-state index < -0.39 is 5.97 Å². The molecule has 0 heterocycles. The smallest absolute Gasteiger partial charge is 0.335 e. The molecule has 0 aromatic heterocycles. The van der Waals surface area contributed by atoms with Crippen molar-refractivity contribution in [2.45, 2.75) is 45.6 Å². The zero-order valence-electron chi connectivity index (χ0n) is 11.1. The molecular weight excluding hydrogens is 226 g/mol. The fourth-order valence-electron chi connectivity index (χ4n) is 2.77. The van der Waals surface area contributed by atoms with Gasteiger partial charge in [0.05, 0.1) is 5.56 Å². The fourth-order valence-corrected chi connectivity index (χ4v) is 2.77. The number of carboxylic acids is 1. The molecule has 0 radical (unpaired) electrons. The quantitative estimate of drug-likeness (QED) is 0.855. The highest BCUT2D eigenvalue weighted by atomic mass is 16.4. The van der Waals surface area contributed by atoms with Crippen LogP contribution in [0.4, 0.5) is 5.69 Å². The average Bonchev–Trinajstić information content (AvgIpc) is 2.28. The number of carbonyl (C=O) groups is 1. The number of aromatic carboxylic acids is 1. The minimum Gasteiger partial charge on any atom is -0.478 e. The fraction of sp³-hybridized carbons (Fsp3) is 0.533. The van der Waals surface area contributed by atoms with E-state index in [1.807, 2.05) is 12.1 Å². The van der Waals surface area contributed by atoms with Crippen LogP contribution in [0.2, 0.25) is 0 Å². The third-order valence-corrected chi connectivity index (χ3v) is 3.71. The van der Waals surface area contributed by atoms with Crippen LogP contribution < -0.4 is 5.32 Å². The molecule has 0 saturated heterocycles. The van der Waals surface area contributed by atoms with E-state index in [9.17, 15) is 4.79 Å². The Morgan fingerprint density at radius 2 is 2.00 bits per heavy atom. The van der Waals surface area contributed by atoms with Gasteiger partial charge in [-0.3, -0.25) is 0 Å². The Morgan fingerprint density at radius 3 is 2.56 bits per heavy atom. The second-order valence-corrected chi connectivity index (χ2v) is 5.98. The maximum atomic E-state index is 10.8. The van der Waals surface area contributed by atoms with Gasteiger partial charge >= 0.3 is 5.97 Å². The van der Waals surface area contributed by atoms with Crippen LogP contribution >= 0.6 is 0 Å². The molecule has 0 aliphatic heterocycles. The lowest BCUT2D eigenvalue weighted by molar-refractivity contribution is 0.0697. The van der Waals surface area contributed by atoms with Crippen molar-refractivity contribution in [1.82, 2.24) is 0 Å². The molecule has 0 amide bonds. The molecule has 3 heteroatoms. The summed E-state index contributed by atoms with van der Waals surface area (Å²) in [5, 5.41) is 12.4. The van der Waals surface area contributed by atoms with Gasteiger partial charge < -0.3 is 10.4 Å². The minimum atomic E-state index is -0.875. The maximum absolute atomic E-state index is 10.8. The monoisotopic (exact) mass is 247 g/mol. The Kier molecular flexibility index (Phi) is 3.60. The van der Waals surface area contributed by atoms with Gasteiger partial charge in [0.25, 0.3) is 0 Å². The summed E-state index contributed by atoms with van der Waals surface area (Å²) in [6, 6.07) is 7.51. The minimum absolute atomic E-state index is 0.338. The first kappa shape index (κ1) is 12.9.